The van der Waals surface area contributed by atoms with Crippen LogP contribution in [-0.2, 0) is 23.8 Å². The van der Waals surface area contributed by atoms with Crippen molar-refractivity contribution < 1.29 is 31.3 Å². The number of benzene rings is 1. The van der Waals surface area contributed by atoms with E-state index in [1.165, 1.54) is 4.90 Å². The Morgan fingerprint density at radius 3 is 2.68 bits per heavy atom. The number of cyclic esters (lactones) is 1. The average molecular weight is 371 g/mol. The quantitative estimate of drug-likeness (QED) is 0.734. The molecule has 1 saturated heterocycles. The lowest BCUT2D eigenvalue weighted by molar-refractivity contribution is 0.107. The largest absolute Gasteiger partial charge is 0.441 e. The number of alkyl halides is 1. The molecule has 0 bridgehead atoms. The zero-order chi connectivity index (χ0) is 18.0. The second-order valence-electron chi connectivity index (χ2n) is 5.82. The summed E-state index contributed by atoms with van der Waals surface area (Å²) in [6, 6.07) is 6.85. The Morgan fingerprint density at radius 2 is 2.04 bits per heavy atom. The van der Waals surface area contributed by atoms with E-state index >= 15 is 0 Å². The van der Waals surface area contributed by atoms with Crippen LogP contribution in [0.1, 0.15) is 5.56 Å². The van der Waals surface area contributed by atoms with Crippen LogP contribution in [0.5, 0.6) is 0 Å². The van der Waals surface area contributed by atoms with Crippen LogP contribution >= 0.6 is 0 Å². The second kappa shape index (κ2) is 7.11. The number of anilines is 1. The first-order chi connectivity index (χ1) is 11.8. The zero-order valence-corrected chi connectivity index (χ0v) is 14.4. The highest BCUT2D eigenvalue weighted by Crippen LogP contribution is 2.28. The molecule has 9 heteroatoms. The summed E-state index contributed by atoms with van der Waals surface area (Å²) in [7, 11) is -3.60. The van der Waals surface area contributed by atoms with Gasteiger partial charge in [0.15, 0.2) is 0 Å². The van der Waals surface area contributed by atoms with Gasteiger partial charge in [0, 0.05) is 5.69 Å². The molecule has 1 fully saturated rings. The number of hydrogen-bond donors (Lipinski definition) is 0. The van der Waals surface area contributed by atoms with Gasteiger partial charge in [0.25, 0.3) is 10.1 Å². The highest BCUT2D eigenvalue weighted by atomic mass is 32.2. The monoisotopic (exact) mass is 371 g/mol. The van der Waals surface area contributed by atoms with E-state index in [0.717, 1.165) is 11.8 Å². The molecule has 25 heavy (non-hydrogen) atoms. The van der Waals surface area contributed by atoms with Gasteiger partial charge in [-0.3, -0.25) is 9.08 Å². The molecule has 1 unspecified atom stereocenters. The zero-order valence-electron chi connectivity index (χ0n) is 13.6. The maximum Gasteiger partial charge on any atom is 0.414 e. The minimum absolute atomic E-state index is 0.0358. The van der Waals surface area contributed by atoms with Crippen molar-refractivity contribution in [1.29, 1.82) is 0 Å². The third kappa shape index (κ3) is 4.36. The highest BCUT2D eigenvalue weighted by molar-refractivity contribution is 7.85. The summed E-state index contributed by atoms with van der Waals surface area (Å²) < 4.78 is 50.7. The van der Waals surface area contributed by atoms with Crippen LogP contribution in [0.2, 0.25) is 0 Å². The first kappa shape index (κ1) is 17.8. The van der Waals surface area contributed by atoms with Gasteiger partial charge in [-0.1, -0.05) is 18.2 Å². The van der Waals surface area contributed by atoms with Crippen LogP contribution in [0.3, 0.4) is 0 Å². The molecule has 0 N–H and O–H groups in total. The van der Waals surface area contributed by atoms with Gasteiger partial charge in [-0.25, -0.2) is 9.18 Å². The van der Waals surface area contributed by atoms with E-state index in [4.69, 9.17) is 9.47 Å². The lowest BCUT2D eigenvalue weighted by Crippen LogP contribution is -2.26. The van der Waals surface area contributed by atoms with Crippen molar-refractivity contribution in [1.82, 2.24) is 0 Å². The van der Waals surface area contributed by atoms with Gasteiger partial charge in [0.05, 0.1) is 26.0 Å². The Balaban J connectivity index is 1.68. The minimum atomic E-state index is -3.60. The minimum Gasteiger partial charge on any atom is -0.441 e. The van der Waals surface area contributed by atoms with E-state index in [9.17, 15) is 17.6 Å². The van der Waals surface area contributed by atoms with Crippen molar-refractivity contribution in [2.75, 3.05) is 37.5 Å². The molecule has 2 aliphatic heterocycles. The van der Waals surface area contributed by atoms with Gasteiger partial charge in [-0.15, -0.1) is 0 Å². The third-order valence-electron chi connectivity index (χ3n) is 3.88. The van der Waals surface area contributed by atoms with Crippen molar-refractivity contribution in [3.63, 3.8) is 0 Å². The van der Waals surface area contributed by atoms with Crippen molar-refractivity contribution in [3.8, 4) is 0 Å². The Labute approximate surface area is 145 Å². The van der Waals surface area contributed by atoms with Gasteiger partial charge in [-0.05, 0) is 23.3 Å². The van der Waals surface area contributed by atoms with Gasteiger partial charge in [0.2, 0.25) is 0 Å². The molecule has 0 saturated carbocycles. The van der Waals surface area contributed by atoms with Crippen LogP contribution in [0.15, 0.2) is 30.3 Å². The summed E-state index contributed by atoms with van der Waals surface area (Å²) >= 11 is 0. The summed E-state index contributed by atoms with van der Waals surface area (Å²) in [6.07, 6.45) is 0.211. The summed E-state index contributed by atoms with van der Waals surface area (Å²) in [5.74, 6) is 0. The standard InChI is InChI=1S/C16H18FNO6S/c1-25(20,21)23-9-13-8-18(16(19)24-13)12-4-2-11(3-5-12)14-6-7-22-10-15(14)17/h2-6,13,15H,7-10H2,1H3/t13-,15?/m1/s1. The summed E-state index contributed by atoms with van der Waals surface area (Å²) in [5, 5.41) is 0. The van der Waals surface area contributed by atoms with Crippen LogP contribution in [0.25, 0.3) is 5.57 Å². The molecule has 1 aromatic carbocycles. The molecular formula is C16H18FNO6S. The van der Waals surface area contributed by atoms with Crippen LogP contribution in [-0.4, -0.2) is 59.4 Å². The number of carbonyl (C=O) groups excluding carboxylic acids is 1. The number of nitrogens with zero attached hydrogens (tertiary/aromatic N) is 1. The van der Waals surface area contributed by atoms with E-state index in [2.05, 4.69) is 4.18 Å². The number of ether oxygens (including phenoxy) is 2. The molecule has 7 nitrogen and oxygen atoms in total. The van der Waals surface area contributed by atoms with Crippen LogP contribution in [0, 0.1) is 0 Å². The molecule has 2 atom stereocenters. The molecule has 3 rings (SSSR count). The van der Waals surface area contributed by atoms with Gasteiger partial charge >= 0.3 is 6.09 Å². The van der Waals surface area contributed by atoms with E-state index < -0.39 is 28.5 Å². The van der Waals surface area contributed by atoms with Crippen LogP contribution < -0.4 is 4.90 Å². The van der Waals surface area contributed by atoms with Gasteiger partial charge < -0.3 is 9.47 Å². The van der Waals surface area contributed by atoms with E-state index in [-0.39, 0.29) is 19.8 Å². The Hall–Kier alpha value is -1.97. The topological polar surface area (TPSA) is 82.1 Å². The number of rotatable bonds is 5. The van der Waals surface area contributed by atoms with Gasteiger partial charge in [0.1, 0.15) is 18.9 Å². The summed E-state index contributed by atoms with van der Waals surface area (Å²) in [6.45, 7) is 0.359. The molecule has 2 aliphatic rings. The molecule has 2 heterocycles. The van der Waals surface area contributed by atoms with E-state index in [1.807, 2.05) is 0 Å². The summed E-state index contributed by atoms with van der Waals surface area (Å²) in [5.41, 5.74) is 1.88. The Bertz CT molecular complexity index is 776. The summed E-state index contributed by atoms with van der Waals surface area (Å²) in [4.78, 5) is 13.3. The van der Waals surface area contributed by atoms with Crippen molar-refractivity contribution in [2.45, 2.75) is 12.3 Å². The van der Waals surface area contributed by atoms with Crippen LogP contribution in [0.4, 0.5) is 14.9 Å². The molecule has 0 aromatic heterocycles. The lowest BCUT2D eigenvalue weighted by Gasteiger charge is -2.19. The van der Waals surface area contributed by atoms with E-state index in [0.29, 0.717) is 17.9 Å². The Morgan fingerprint density at radius 1 is 1.32 bits per heavy atom. The molecule has 0 radical (unpaired) electrons. The maximum absolute atomic E-state index is 13.9. The first-order valence-electron chi connectivity index (χ1n) is 7.68. The predicted octanol–water partition coefficient (Wildman–Crippen LogP) is 1.74. The fraction of sp³-hybridized carbons (Fsp3) is 0.438. The van der Waals surface area contributed by atoms with Crippen molar-refractivity contribution >= 4 is 27.5 Å². The van der Waals surface area contributed by atoms with Gasteiger partial charge in [-0.2, -0.15) is 8.42 Å². The number of amides is 1. The SMILES string of the molecule is CS(=O)(=O)OC[C@H]1CN(c2ccc(C3=CCOCC3F)cc2)C(=O)O1. The van der Waals surface area contributed by atoms with Crippen molar-refractivity contribution in [2.24, 2.45) is 0 Å². The fourth-order valence-electron chi connectivity index (χ4n) is 2.69. The third-order valence-corrected chi connectivity index (χ3v) is 4.44. The first-order valence-corrected chi connectivity index (χ1v) is 9.50. The Kier molecular flexibility index (Phi) is 5.07. The average Bonchev–Trinajstić information content (AvgIpc) is 2.94. The molecule has 0 aliphatic carbocycles. The van der Waals surface area contributed by atoms with Crippen molar-refractivity contribution in [3.05, 3.63) is 35.9 Å². The molecule has 1 amide bonds. The predicted molar refractivity (Wildman–Crippen MR) is 88.5 cm³/mol. The smallest absolute Gasteiger partial charge is 0.414 e. The molecule has 1 aromatic rings. The second-order valence-corrected chi connectivity index (χ2v) is 7.46. The normalized spacial score (nSPS) is 24.2. The number of carbonyl (C=O) groups is 1. The maximum atomic E-state index is 13.9. The molecule has 0 spiro atoms. The molecular weight excluding hydrogens is 353 g/mol. The highest BCUT2D eigenvalue weighted by Gasteiger charge is 2.33. The lowest BCUT2D eigenvalue weighted by atomic mass is 10.00. The number of halogens is 1. The number of hydrogen-bond acceptors (Lipinski definition) is 6. The van der Waals surface area contributed by atoms with E-state index in [1.54, 1.807) is 30.3 Å². The fourth-order valence-corrected chi connectivity index (χ4v) is 3.09. The molecule has 136 valence electrons.